The van der Waals surface area contributed by atoms with E-state index >= 15 is 0 Å². The van der Waals surface area contributed by atoms with Crippen molar-refractivity contribution < 1.29 is 14.0 Å². The monoisotopic (exact) mass is 274 g/mol. The van der Waals surface area contributed by atoms with Gasteiger partial charge in [0.05, 0.1) is 23.0 Å². The van der Waals surface area contributed by atoms with Gasteiger partial charge in [-0.3, -0.25) is 9.59 Å². The van der Waals surface area contributed by atoms with Crippen LogP contribution in [0.2, 0.25) is 0 Å². The molecular weight excluding hydrogens is 267 g/mol. The van der Waals surface area contributed by atoms with Gasteiger partial charge in [0.15, 0.2) is 5.78 Å². The molecular formula is C9H8BrFN2O2. The summed E-state index contributed by atoms with van der Waals surface area (Å²) in [5, 5.41) is 0.0285. The number of amides is 1. The van der Waals surface area contributed by atoms with E-state index in [1.165, 1.54) is 12.1 Å². The quantitative estimate of drug-likeness (QED) is 0.502. The lowest BCUT2D eigenvalue weighted by atomic mass is 10.1. The van der Waals surface area contributed by atoms with Crippen LogP contribution in [0.4, 0.5) is 4.39 Å². The van der Waals surface area contributed by atoms with Crippen molar-refractivity contribution in [2.45, 2.75) is 6.42 Å². The number of aromatic nitrogens is 1. The predicted molar refractivity (Wildman–Crippen MR) is 55.2 cm³/mol. The highest BCUT2D eigenvalue weighted by Crippen LogP contribution is 2.09. The van der Waals surface area contributed by atoms with E-state index in [1.807, 2.05) is 0 Å². The van der Waals surface area contributed by atoms with Crippen molar-refractivity contribution in [3.05, 3.63) is 29.3 Å². The average Bonchev–Trinajstić information content (AvgIpc) is 2.16. The Morgan fingerprint density at radius 2 is 2.13 bits per heavy atom. The molecule has 0 bridgehead atoms. The highest BCUT2D eigenvalue weighted by molar-refractivity contribution is 9.09. The molecule has 80 valence electrons. The zero-order chi connectivity index (χ0) is 11.4. The van der Waals surface area contributed by atoms with Gasteiger partial charge in [0.2, 0.25) is 11.9 Å². The summed E-state index contributed by atoms with van der Waals surface area (Å²) in [7, 11) is 0. The molecule has 0 aromatic carbocycles. The molecule has 0 unspecified atom stereocenters. The minimum absolute atomic E-state index is 0.0285. The molecule has 1 rings (SSSR count). The van der Waals surface area contributed by atoms with Crippen molar-refractivity contribution >= 4 is 27.6 Å². The van der Waals surface area contributed by atoms with Crippen LogP contribution in [0.1, 0.15) is 16.1 Å². The van der Waals surface area contributed by atoms with Crippen molar-refractivity contribution in [2.75, 3.05) is 5.33 Å². The van der Waals surface area contributed by atoms with Gasteiger partial charge in [-0.15, -0.1) is 0 Å². The van der Waals surface area contributed by atoms with Crippen LogP contribution < -0.4 is 5.73 Å². The first kappa shape index (κ1) is 11.8. The van der Waals surface area contributed by atoms with Gasteiger partial charge < -0.3 is 5.73 Å². The Labute approximate surface area is 93.8 Å². The summed E-state index contributed by atoms with van der Waals surface area (Å²) in [5.41, 5.74) is 5.04. The van der Waals surface area contributed by atoms with Gasteiger partial charge in [-0.05, 0) is 12.1 Å². The summed E-state index contributed by atoms with van der Waals surface area (Å²) >= 11 is 2.93. The van der Waals surface area contributed by atoms with Crippen LogP contribution >= 0.6 is 15.9 Å². The number of rotatable bonds is 4. The molecule has 0 saturated carbocycles. The lowest BCUT2D eigenvalue weighted by Crippen LogP contribution is -2.15. The minimum atomic E-state index is -0.877. The maximum Gasteiger partial charge on any atom is 0.224 e. The van der Waals surface area contributed by atoms with Gasteiger partial charge in [0.25, 0.3) is 0 Å². The van der Waals surface area contributed by atoms with Gasteiger partial charge >= 0.3 is 0 Å². The number of hydrogen-bond acceptors (Lipinski definition) is 3. The first-order chi connectivity index (χ1) is 7.04. The maximum atomic E-state index is 13.2. The molecule has 0 aliphatic rings. The van der Waals surface area contributed by atoms with Crippen molar-refractivity contribution in [3.63, 3.8) is 0 Å². The van der Waals surface area contributed by atoms with Crippen molar-refractivity contribution in [3.8, 4) is 0 Å². The Kier molecular flexibility index (Phi) is 3.90. The van der Waals surface area contributed by atoms with Gasteiger partial charge in [-0.25, -0.2) is 4.98 Å². The van der Waals surface area contributed by atoms with E-state index in [9.17, 15) is 14.0 Å². The summed E-state index contributed by atoms with van der Waals surface area (Å²) in [4.78, 5) is 25.2. The number of pyridine rings is 1. The molecule has 0 aliphatic carbocycles. The summed E-state index contributed by atoms with van der Waals surface area (Å²) in [6.07, 6.45) is -0.139. The van der Waals surface area contributed by atoms with E-state index in [4.69, 9.17) is 5.73 Å². The first-order valence-corrected chi connectivity index (χ1v) is 5.19. The number of halogens is 2. The third kappa shape index (κ3) is 3.09. The van der Waals surface area contributed by atoms with E-state index in [0.29, 0.717) is 0 Å². The summed E-state index contributed by atoms with van der Waals surface area (Å²) in [6.45, 7) is 0. The fourth-order valence-electron chi connectivity index (χ4n) is 1.03. The van der Waals surface area contributed by atoms with Crippen molar-refractivity contribution in [2.24, 2.45) is 5.73 Å². The number of alkyl halides is 1. The Bertz CT molecular complexity index is 409. The Morgan fingerprint density at radius 3 is 2.60 bits per heavy atom. The third-order valence-electron chi connectivity index (χ3n) is 1.68. The third-order valence-corrected chi connectivity index (χ3v) is 2.19. The van der Waals surface area contributed by atoms with Crippen LogP contribution in [0.5, 0.6) is 0 Å². The van der Waals surface area contributed by atoms with Crippen LogP contribution in [-0.4, -0.2) is 22.0 Å². The fraction of sp³-hybridized carbons (Fsp3) is 0.222. The van der Waals surface area contributed by atoms with Crippen LogP contribution in [0.3, 0.4) is 0 Å². The number of carbonyl (C=O) groups excluding carboxylic acids is 2. The number of carbonyl (C=O) groups is 2. The SMILES string of the molecule is NC(=O)Cc1ccc(C(=O)CBr)c(F)n1. The topological polar surface area (TPSA) is 73.1 Å². The van der Waals surface area contributed by atoms with Crippen LogP contribution in [-0.2, 0) is 11.2 Å². The molecule has 0 spiro atoms. The highest BCUT2D eigenvalue weighted by atomic mass is 79.9. The number of primary amides is 1. The van der Waals surface area contributed by atoms with Gasteiger partial charge in [0, 0.05) is 0 Å². The van der Waals surface area contributed by atoms with E-state index in [2.05, 4.69) is 20.9 Å². The van der Waals surface area contributed by atoms with Crippen molar-refractivity contribution in [1.82, 2.24) is 4.98 Å². The van der Waals surface area contributed by atoms with Gasteiger partial charge in [-0.2, -0.15) is 4.39 Å². The molecule has 0 radical (unpaired) electrons. The van der Waals surface area contributed by atoms with Crippen molar-refractivity contribution in [1.29, 1.82) is 0 Å². The molecule has 15 heavy (non-hydrogen) atoms. The fourth-order valence-corrected chi connectivity index (χ4v) is 1.33. The van der Waals surface area contributed by atoms with Gasteiger partial charge in [0.1, 0.15) is 0 Å². The average molecular weight is 275 g/mol. The molecule has 1 heterocycles. The number of ketones is 1. The molecule has 1 aromatic heterocycles. The molecule has 1 aromatic rings. The number of hydrogen-bond donors (Lipinski definition) is 1. The van der Waals surface area contributed by atoms with E-state index < -0.39 is 17.6 Å². The van der Waals surface area contributed by atoms with E-state index in [1.54, 1.807) is 0 Å². The summed E-state index contributed by atoms with van der Waals surface area (Å²) in [5.74, 6) is -1.87. The zero-order valence-electron chi connectivity index (χ0n) is 7.67. The Balaban J connectivity index is 2.97. The molecule has 0 fully saturated rings. The Morgan fingerprint density at radius 1 is 1.47 bits per heavy atom. The lowest BCUT2D eigenvalue weighted by Gasteiger charge is -2.01. The molecule has 4 nitrogen and oxygen atoms in total. The van der Waals surface area contributed by atoms with Crippen LogP contribution in [0.15, 0.2) is 12.1 Å². The van der Waals surface area contributed by atoms with Crippen LogP contribution in [0, 0.1) is 5.95 Å². The number of nitrogens with zero attached hydrogens (tertiary/aromatic N) is 1. The Hall–Kier alpha value is -1.30. The van der Waals surface area contributed by atoms with E-state index in [0.717, 1.165) is 0 Å². The largest absolute Gasteiger partial charge is 0.369 e. The summed E-state index contributed by atoms with van der Waals surface area (Å²) in [6, 6.07) is 2.70. The number of Topliss-reactive ketones (excluding diaryl/α,β-unsaturated/α-hetero) is 1. The molecule has 0 atom stereocenters. The second-order valence-corrected chi connectivity index (χ2v) is 3.40. The molecule has 6 heteroatoms. The first-order valence-electron chi connectivity index (χ1n) is 4.07. The zero-order valence-corrected chi connectivity index (χ0v) is 9.25. The summed E-state index contributed by atoms with van der Waals surface area (Å²) < 4.78 is 13.2. The number of nitrogens with two attached hydrogens (primary N) is 1. The second-order valence-electron chi connectivity index (χ2n) is 2.84. The van der Waals surface area contributed by atoms with Gasteiger partial charge in [-0.1, -0.05) is 15.9 Å². The minimum Gasteiger partial charge on any atom is -0.369 e. The smallest absolute Gasteiger partial charge is 0.224 e. The standard InChI is InChI=1S/C9H8BrFN2O2/c10-4-7(14)6-2-1-5(3-8(12)15)13-9(6)11/h1-2H,3-4H2,(H2,12,15). The normalized spacial score (nSPS) is 10.0. The molecule has 2 N–H and O–H groups in total. The maximum absolute atomic E-state index is 13.2. The van der Waals surface area contributed by atoms with E-state index in [-0.39, 0.29) is 23.0 Å². The predicted octanol–water partition coefficient (Wildman–Crippen LogP) is 0.826. The lowest BCUT2D eigenvalue weighted by molar-refractivity contribution is -0.117. The van der Waals surface area contributed by atoms with Crippen LogP contribution in [0.25, 0.3) is 0 Å². The molecule has 0 saturated heterocycles. The highest BCUT2D eigenvalue weighted by Gasteiger charge is 2.12. The second kappa shape index (κ2) is 4.97. The molecule has 0 aliphatic heterocycles. The molecule has 1 amide bonds.